The van der Waals surface area contributed by atoms with Crippen LogP contribution in [0, 0.1) is 12.8 Å². The summed E-state index contributed by atoms with van der Waals surface area (Å²) in [5.74, 6) is 1.41. The highest BCUT2D eigenvalue weighted by Gasteiger charge is 2.20. The van der Waals surface area contributed by atoms with Crippen LogP contribution in [0.15, 0.2) is 42.5 Å². The third kappa shape index (κ3) is 5.67. The van der Waals surface area contributed by atoms with E-state index in [2.05, 4.69) is 33.6 Å². The summed E-state index contributed by atoms with van der Waals surface area (Å²) in [5.41, 5.74) is 3.73. The molecule has 2 aromatic carbocycles. The highest BCUT2D eigenvalue weighted by atomic mass is 32.2. The van der Waals surface area contributed by atoms with Crippen molar-refractivity contribution in [1.29, 1.82) is 0 Å². The molecule has 2 N–H and O–H groups in total. The molecule has 0 unspecified atom stereocenters. The Kier molecular flexibility index (Phi) is 7.74. The number of imidazole rings is 1. The number of fused-ring (bicyclic) bond motifs is 1. The Morgan fingerprint density at radius 2 is 1.90 bits per heavy atom. The van der Waals surface area contributed by atoms with Crippen LogP contribution in [-0.2, 0) is 11.3 Å². The number of nitrogens with zero attached hydrogens (tertiary/aromatic N) is 2. The maximum Gasteiger partial charge on any atom is 0.253 e. The summed E-state index contributed by atoms with van der Waals surface area (Å²) in [6.07, 6.45) is 2.96. The maximum absolute atomic E-state index is 13.1. The summed E-state index contributed by atoms with van der Waals surface area (Å²) in [6.45, 7) is 6.84. The highest BCUT2D eigenvalue weighted by Crippen LogP contribution is 2.27. The zero-order valence-electron chi connectivity index (χ0n) is 18.6. The van der Waals surface area contributed by atoms with Crippen molar-refractivity contribution < 1.29 is 9.59 Å². The molecule has 6 nitrogen and oxygen atoms in total. The van der Waals surface area contributed by atoms with Gasteiger partial charge in [-0.05, 0) is 43.0 Å². The maximum atomic E-state index is 13.1. The molecular weight excluding hydrogens is 408 g/mol. The summed E-state index contributed by atoms with van der Waals surface area (Å²) >= 11 is 1.76. The second kappa shape index (κ2) is 10.5. The zero-order chi connectivity index (χ0) is 22.4. The van der Waals surface area contributed by atoms with Crippen LogP contribution in [0.25, 0.3) is 11.0 Å². The van der Waals surface area contributed by atoms with Crippen molar-refractivity contribution in [2.24, 2.45) is 5.92 Å². The molecular formula is C24H30N4O2S. The van der Waals surface area contributed by atoms with Gasteiger partial charge in [-0.3, -0.25) is 9.59 Å². The van der Waals surface area contributed by atoms with E-state index in [1.54, 1.807) is 17.8 Å². The van der Waals surface area contributed by atoms with E-state index in [4.69, 9.17) is 4.98 Å². The summed E-state index contributed by atoms with van der Waals surface area (Å²) < 4.78 is 2.07. The molecule has 7 heteroatoms. The fourth-order valence-corrected chi connectivity index (χ4v) is 3.82. The van der Waals surface area contributed by atoms with Gasteiger partial charge in [0.1, 0.15) is 5.82 Å². The first-order chi connectivity index (χ1) is 14.9. The molecule has 0 aliphatic heterocycles. The minimum Gasteiger partial charge on any atom is -0.352 e. The Morgan fingerprint density at radius 1 is 1.16 bits per heavy atom. The van der Waals surface area contributed by atoms with Gasteiger partial charge >= 0.3 is 0 Å². The van der Waals surface area contributed by atoms with E-state index in [1.807, 2.05) is 45.0 Å². The molecule has 0 atom stereocenters. The van der Waals surface area contributed by atoms with Crippen molar-refractivity contribution in [2.45, 2.75) is 33.7 Å². The monoisotopic (exact) mass is 438 g/mol. The van der Waals surface area contributed by atoms with E-state index in [9.17, 15) is 9.59 Å². The molecule has 0 saturated carbocycles. The molecule has 0 radical (unpaired) electrons. The van der Waals surface area contributed by atoms with Gasteiger partial charge in [-0.1, -0.05) is 44.2 Å². The molecule has 0 fully saturated rings. The first-order valence-corrected chi connectivity index (χ1v) is 11.9. The number of carbonyl (C=O) groups excluding carboxylic acids is 2. The second-order valence-electron chi connectivity index (χ2n) is 7.87. The average Bonchev–Trinajstić information content (AvgIpc) is 3.06. The SMILES string of the molecule is CSCCCNC(=O)c1cc(NC(=O)C(C)C)cc2nc(C)n(Cc3ccccc3)c12. The number of carbonyl (C=O) groups is 2. The number of hydrogen-bond acceptors (Lipinski definition) is 4. The van der Waals surface area contributed by atoms with Crippen molar-refractivity contribution in [1.82, 2.24) is 14.9 Å². The standard InChI is InChI=1S/C24H30N4O2S/c1-16(2)23(29)27-19-13-20(24(30)25-11-8-12-31-4)22-21(14-19)26-17(3)28(22)15-18-9-6-5-7-10-18/h5-7,9-10,13-14,16H,8,11-12,15H2,1-4H3,(H,25,30)(H,27,29). The van der Waals surface area contributed by atoms with Gasteiger partial charge in [0, 0.05) is 24.7 Å². The van der Waals surface area contributed by atoms with Gasteiger partial charge in [0.05, 0.1) is 16.6 Å². The number of nitrogens with one attached hydrogen (secondary N) is 2. The van der Waals surface area contributed by atoms with Crippen molar-refractivity contribution >= 4 is 40.3 Å². The van der Waals surface area contributed by atoms with E-state index in [0.717, 1.165) is 29.1 Å². The number of aryl methyl sites for hydroxylation is 1. The van der Waals surface area contributed by atoms with Crippen LogP contribution in [0.3, 0.4) is 0 Å². The van der Waals surface area contributed by atoms with E-state index in [0.29, 0.717) is 29.9 Å². The van der Waals surface area contributed by atoms with Gasteiger partial charge in [0.25, 0.3) is 5.91 Å². The fraction of sp³-hybridized carbons (Fsp3) is 0.375. The smallest absolute Gasteiger partial charge is 0.253 e. The Hall–Kier alpha value is -2.80. The molecule has 0 bridgehead atoms. The van der Waals surface area contributed by atoms with Crippen molar-refractivity contribution in [2.75, 3.05) is 23.9 Å². The summed E-state index contributed by atoms with van der Waals surface area (Å²) in [7, 11) is 0. The lowest BCUT2D eigenvalue weighted by molar-refractivity contribution is -0.118. The largest absolute Gasteiger partial charge is 0.352 e. The molecule has 31 heavy (non-hydrogen) atoms. The van der Waals surface area contributed by atoms with Gasteiger partial charge in [-0.15, -0.1) is 0 Å². The van der Waals surface area contributed by atoms with E-state index in [-0.39, 0.29) is 17.7 Å². The molecule has 164 valence electrons. The van der Waals surface area contributed by atoms with E-state index in [1.165, 1.54) is 0 Å². The second-order valence-corrected chi connectivity index (χ2v) is 8.85. The minimum absolute atomic E-state index is 0.0916. The molecule has 1 heterocycles. The number of rotatable bonds is 9. The van der Waals surface area contributed by atoms with Gasteiger partial charge < -0.3 is 15.2 Å². The fourth-order valence-electron chi connectivity index (χ4n) is 3.39. The lowest BCUT2D eigenvalue weighted by Crippen LogP contribution is -2.26. The van der Waals surface area contributed by atoms with Crippen molar-refractivity contribution in [3.05, 3.63) is 59.4 Å². The molecule has 0 saturated heterocycles. The quantitative estimate of drug-likeness (QED) is 0.483. The van der Waals surface area contributed by atoms with Crippen LogP contribution in [0.2, 0.25) is 0 Å². The van der Waals surface area contributed by atoms with Crippen LogP contribution in [-0.4, -0.2) is 39.9 Å². The number of benzene rings is 2. The summed E-state index contributed by atoms with van der Waals surface area (Å²) in [5, 5.41) is 5.94. The van der Waals surface area contributed by atoms with Crippen LogP contribution in [0.1, 0.15) is 42.0 Å². The average molecular weight is 439 g/mol. The molecule has 0 aliphatic carbocycles. The summed E-state index contributed by atoms with van der Waals surface area (Å²) in [4.78, 5) is 30.1. The molecule has 1 aromatic heterocycles. The molecule has 3 rings (SSSR count). The first-order valence-electron chi connectivity index (χ1n) is 10.5. The Bertz CT molecular complexity index is 1060. The first kappa shape index (κ1) is 22.9. The van der Waals surface area contributed by atoms with Gasteiger partial charge in [-0.2, -0.15) is 11.8 Å². The topological polar surface area (TPSA) is 76.0 Å². The minimum atomic E-state index is -0.156. The highest BCUT2D eigenvalue weighted by molar-refractivity contribution is 7.98. The Balaban J connectivity index is 2.03. The number of aromatic nitrogens is 2. The van der Waals surface area contributed by atoms with Crippen LogP contribution in [0.4, 0.5) is 5.69 Å². The normalized spacial score (nSPS) is 11.1. The number of hydrogen-bond donors (Lipinski definition) is 2. The van der Waals surface area contributed by atoms with Crippen LogP contribution < -0.4 is 10.6 Å². The zero-order valence-corrected chi connectivity index (χ0v) is 19.4. The predicted octanol–water partition coefficient (Wildman–Crippen LogP) is 4.47. The number of amides is 2. The van der Waals surface area contributed by atoms with Gasteiger partial charge in [-0.25, -0.2) is 4.98 Å². The van der Waals surface area contributed by atoms with Crippen LogP contribution in [0.5, 0.6) is 0 Å². The third-order valence-electron chi connectivity index (χ3n) is 5.06. The van der Waals surface area contributed by atoms with Crippen molar-refractivity contribution in [3.8, 4) is 0 Å². The third-order valence-corrected chi connectivity index (χ3v) is 5.76. The molecule has 2 amide bonds. The lowest BCUT2D eigenvalue weighted by Gasteiger charge is -2.14. The Labute approximate surface area is 187 Å². The van der Waals surface area contributed by atoms with Gasteiger partial charge in [0.15, 0.2) is 0 Å². The molecule has 0 spiro atoms. The van der Waals surface area contributed by atoms with Gasteiger partial charge in [0.2, 0.25) is 5.91 Å². The molecule has 0 aliphatic rings. The van der Waals surface area contributed by atoms with E-state index < -0.39 is 0 Å². The number of thioether (sulfide) groups is 1. The van der Waals surface area contributed by atoms with Crippen molar-refractivity contribution in [3.63, 3.8) is 0 Å². The van der Waals surface area contributed by atoms with E-state index >= 15 is 0 Å². The Morgan fingerprint density at radius 3 is 2.58 bits per heavy atom. The predicted molar refractivity (Wildman–Crippen MR) is 129 cm³/mol. The van der Waals surface area contributed by atoms with Crippen LogP contribution >= 0.6 is 11.8 Å². The summed E-state index contributed by atoms with van der Waals surface area (Å²) in [6, 6.07) is 13.7. The lowest BCUT2D eigenvalue weighted by atomic mass is 10.1. The number of anilines is 1. The molecule has 3 aromatic rings.